The van der Waals surface area contributed by atoms with E-state index < -0.39 is 24.2 Å². The summed E-state index contributed by atoms with van der Waals surface area (Å²) in [6, 6.07) is 5.09. The van der Waals surface area contributed by atoms with Gasteiger partial charge in [0.2, 0.25) is 0 Å². The number of aromatic nitrogens is 2. The molecule has 0 radical (unpaired) electrons. The largest absolute Gasteiger partial charge is 0.410 e. The van der Waals surface area contributed by atoms with Gasteiger partial charge in [0.1, 0.15) is 11.4 Å². The zero-order valence-corrected chi connectivity index (χ0v) is 15.7. The fourth-order valence-electron chi connectivity index (χ4n) is 3.29. The van der Waals surface area contributed by atoms with Crippen LogP contribution in [0.4, 0.5) is 19.0 Å². The van der Waals surface area contributed by atoms with Crippen LogP contribution in [0.15, 0.2) is 30.5 Å². The second-order valence-corrected chi connectivity index (χ2v) is 6.69. The van der Waals surface area contributed by atoms with E-state index in [1.54, 1.807) is 0 Å². The summed E-state index contributed by atoms with van der Waals surface area (Å²) in [6.45, 7) is 2.57. The van der Waals surface area contributed by atoms with E-state index in [0.717, 1.165) is 22.2 Å². The van der Waals surface area contributed by atoms with Crippen LogP contribution in [0.3, 0.4) is 0 Å². The molecule has 6 nitrogen and oxygen atoms in total. The highest BCUT2D eigenvalue weighted by Crippen LogP contribution is 2.44. The number of rotatable bonds is 6. The summed E-state index contributed by atoms with van der Waals surface area (Å²) < 4.78 is 46.8. The third-order valence-electron chi connectivity index (χ3n) is 4.87. The zero-order chi connectivity index (χ0) is 20.3. The number of ether oxygens (including phenoxy) is 1. The fourth-order valence-corrected chi connectivity index (χ4v) is 3.29. The summed E-state index contributed by atoms with van der Waals surface area (Å²) in [4.78, 5) is 12.4. The van der Waals surface area contributed by atoms with Gasteiger partial charge in [-0.05, 0) is 17.5 Å². The number of nitrogens with zero attached hydrogens (tertiary/aromatic N) is 2. The number of nitrogens with one attached hydrogen (secondary N) is 2. The second kappa shape index (κ2) is 8.22. The monoisotopic (exact) mass is 396 g/mol. The Bertz CT molecular complexity index is 818. The van der Waals surface area contributed by atoms with Crippen LogP contribution in [0.5, 0.6) is 0 Å². The van der Waals surface area contributed by atoms with Gasteiger partial charge >= 0.3 is 6.18 Å². The first-order valence-electron chi connectivity index (χ1n) is 9.11. The van der Waals surface area contributed by atoms with Gasteiger partial charge in [-0.2, -0.15) is 18.3 Å². The lowest BCUT2D eigenvalue weighted by atomic mass is 9.95. The SMILES string of the molecule is CCc1ccc([C@H]2C[C@H](C(F)(F)F)n3ncc(C(=O)NCCOC)c3N2)cc1. The maximum absolute atomic E-state index is 13.7. The summed E-state index contributed by atoms with van der Waals surface area (Å²) >= 11 is 0. The molecular weight excluding hydrogens is 373 g/mol. The lowest BCUT2D eigenvalue weighted by Crippen LogP contribution is -2.36. The highest BCUT2D eigenvalue weighted by atomic mass is 19.4. The van der Waals surface area contributed by atoms with Crippen LogP contribution in [0.2, 0.25) is 0 Å². The minimum absolute atomic E-state index is 0.0769. The average Bonchev–Trinajstić information content (AvgIpc) is 3.10. The molecule has 3 rings (SSSR count). The molecule has 1 aromatic carbocycles. The molecule has 1 aromatic heterocycles. The highest BCUT2D eigenvalue weighted by molar-refractivity contribution is 5.98. The molecule has 152 valence electrons. The predicted molar refractivity (Wildman–Crippen MR) is 98.3 cm³/mol. The topological polar surface area (TPSA) is 68.2 Å². The van der Waals surface area contributed by atoms with Crippen LogP contribution >= 0.6 is 0 Å². The van der Waals surface area contributed by atoms with Crippen molar-refractivity contribution in [3.05, 3.63) is 47.2 Å². The van der Waals surface area contributed by atoms with E-state index in [0.29, 0.717) is 6.61 Å². The number of anilines is 1. The van der Waals surface area contributed by atoms with Gasteiger partial charge in [0, 0.05) is 20.1 Å². The van der Waals surface area contributed by atoms with E-state index in [2.05, 4.69) is 15.7 Å². The molecule has 1 aliphatic heterocycles. The number of fused-ring (bicyclic) bond motifs is 1. The molecule has 1 aliphatic rings. The van der Waals surface area contributed by atoms with Crippen LogP contribution in [0, 0.1) is 0 Å². The van der Waals surface area contributed by atoms with Crippen molar-refractivity contribution < 1.29 is 22.7 Å². The number of aryl methyl sites for hydroxylation is 1. The molecule has 9 heteroatoms. The van der Waals surface area contributed by atoms with Gasteiger partial charge < -0.3 is 15.4 Å². The van der Waals surface area contributed by atoms with Crippen molar-refractivity contribution in [2.24, 2.45) is 0 Å². The molecule has 0 aliphatic carbocycles. The van der Waals surface area contributed by atoms with Gasteiger partial charge in [-0.15, -0.1) is 0 Å². The molecule has 0 saturated heterocycles. The fraction of sp³-hybridized carbons (Fsp3) is 0.474. The predicted octanol–water partition coefficient (Wildman–Crippen LogP) is 3.48. The first kappa shape index (κ1) is 20.2. The second-order valence-electron chi connectivity index (χ2n) is 6.69. The van der Waals surface area contributed by atoms with Crippen LogP contribution in [-0.4, -0.2) is 42.1 Å². The first-order valence-corrected chi connectivity index (χ1v) is 9.11. The first-order chi connectivity index (χ1) is 13.3. The van der Waals surface area contributed by atoms with E-state index in [9.17, 15) is 18.0 Å². The Morgan fingerprint density at radius 2 is 2.07 bits per heavy atom. The summed E-state index contributed by atoms with van der Waals surface area (Å²) in [6.07, 6.45) is -2.66. The molecule has 0 fully saturated rings. The minimum Gasteiger partial charge on any atom is -0.383 e. The molecule has 1 amide bonds. The average molecular weight is 396 g/mol. The van der Waals surface area contributed by atoms with Gasteiger partial charge in [0.05, 0.1) is 18.8 Å². The molecular formula is C19H23F3N4O2. The van der Waals surface area contributed by atoms with Crippen molar-refractivity contribution in [1.29, 1.82) is 0 Å². The quantitative estimate of drug-likeness (QED) is 0.734. The molecule has 2 atom stereocenters. The van der Waals surface area contributed by atoms with Crippen LogP contribution < -0.4 is 10.6 Å². The van der Waals surface area contributed by atoms with Crippen molar-refractivity contribution >= 4 is 11.7 Å². The number of hydrogen-bond acceptors (Lipinski definition) is 4. The van der Waals surface area contributed by atoms with Crippen LogP contribution in [0.25, 0.3) is 0 Å². The van der Waals surface area contributed by atoms with E-state index in [-0.39, 0.29) is 24.3 Å². The minimum atomic E-state index is -4.48. The van der Waals surface area contributed by atoms with Crippen molar-refractivity contribution in [2.45, 2.75) is 38.0 Å². The summed E-state index contributed by atoms with van der Waals surface area (Å²) in [7, 11) is 1.50. The van der Waals surface area contributed by atoms with Crippen molar-refractivity contribution in [1.82, 2.24) is 15.1 Å². The number of hydrogen-bond donors (Lipinski definition) is 2. The molecule has 0 unspecified atom stereocenters. The van der Waals surface area contributed by atoms with E-state index in [4.69, 9.17) is 4.74 Å². The normalized spacial score (nSPS) is 19.0. The highest BCUT2D eigenvalue weighted by Gasteiger charge is 2.47. The number of halogens is 3. The smallest absolute Gasteiger partial charge is 0.383 e. The summed E-state index contributed by atoms with van der Waals surface area (Å²) in [5, 5.41) is 9.55. The third kappa shape index (κ3) is 4.14. The maximum atomic E-state index is 13.7. The Labute approximate surface area is 161 Å². The number of methoxy groups -OCH3 is 1. The van der Waals surface area contributed by atoms with Crippen LogP contribution in [0.1, 0.15) is 46.9 Å². The van der Waals surface area contributed by atoms with E-state index in [1.165, 1.54) is 13.3 Å². The maximum Gasteiger partial charge on any atom is 0.410 e. The zero-order valence-electron chi connectivity index (χ0n) is 15.7. The number of carbonyl (C=O) groups is 1. The summed E-state index contributed by atoms with van der Waals surface area (Å²) in [5.74, 6) is -0.415. The van der Waals surface area contributed by atoms with Gasteiger partial charge in [0.25, 0.3) is 5.91 Å². The number of carbonyl (C=O) groups excluding carboxylic acids is 1. The van der Waals surface area contributed by atoms with Gasteiger partial charge in [-0.1, -0.05) is 31.2 Å². The Morgan fingerprint density at radius 3 is 2.68 bits per heavy atom. The van der Waals surface area contributed by atoms with E-state index >= 15 is 0 Å². The third-order valence-corrected chi connectivity index (χ3v) is 4.87. The van der Waals surface area contributed by atoms with Crippen molar-refractivity contribution in [3.63, 3.8) is 0 Å². The number of benzene rings is 1. The van der Waals surface area contributed by atoms with Crippen molar-refractivity contribution in [2.75, 3.05) is 25.6 Å². The Balaban J connectivity index is 1.92. The molecule has 0 saturated carbocycles. The molecule has 2 N–H and O–H groups in total. The number of amides is 1. The standard InChI is InChI=1S/C19H23F3N4O2/c1-3-12-4-6-13(7-5-12)15-10-16(19(20,21)22)26-17(25-15)14(11-24-26)18(27)23-8-9-28-2/h4-7,11,15-16,25H,3,8-10H2,1-2H3,(H,23,27)/t15-,16-/m1/s1. The Morgan fingerprint density at radius 1 is 1.36 bits per heavy atom. The molecule has 0 bridgehead atoms. The molecule has 0 spiro atoms. The summed E-state index contributed by atoms with van der Waals surface area (Å²) in [5.41, 5.74) is 1.93. The molecule has 2 heterocycles. The van der Waals surface area contributed by atoms with Crippen LogP contribution in [-0.2, 0) is 11.2 Å². The number of alkyl halides is 3. The Hall–Kier alpha value is -2.55. The van der Waals surface area contributed by atoms with Gasteiger partial charge in [-0.3, -0.25) is 4.79 Å². The lowest BCUT2D eigenvalue weighted by molar-refractivity contribution is -0.173. The van der Waals surface area contributed by atoms with Gasteiger partial charge in [0.15, 0.2) is 6.04 Å². The lowest BCUT2D eigenvalue weighted by Gasteiger charge is -2.34. The molecule has 28 heavy (non-hydrogen) atoms. The molecule has 2 aromatic rings. The van der Waals surface area contributed by atoms with Gasteiger partial charge in [-0.25, -0.2) is 4.68 Å². The van der Waals surface area contributed by atoms with Crippen molar-refractivity contribution in [3.8, 4) is 0 Å². The van der Waals surface area contributed by atoms with E-state index in [1.807, 2.05) is 31.2 Å². The Kier molecular flexibility index (Phi) is 5.93.